The molecule has 0 aliphatic carbocycles. The van der Waals surface area contributed by atoms with Gasteiger partial charge in [-0.2, -0.15) is 0 Å². The quantitative estimate of drug-likeness (QED) is 0.927. The number of carboxylic acid groups (broad SMARTS) is 1. The standard InChI is InChI=1S/C16H12O4/c17-15(18)14-10-19-16(20-14)13-8-4-7-12(9-13)11-5-2-1-3-6-11/h1-10,16H,(H,17,18)/t16-/m1/s1. The fourth-order valence-electron chi connectivity index (χ4n) is 2.04. The molecule has 2 aromatic carbocycles. The minimum Gasteiger partial charge on any atom is -0.475 e. The predicted octanol–water partition coefficient (Wildman–Crippen LogP) is 3.33. The molecule has 0 bridgehead atoms. The molecule has 0 fully saturated rings. The second kappa shape index (κ2) is 5.09. The molecule has 0 radical (unpaired) electrons. The normalized spacial score (nSPS) is 17.0. The van der Waals surface area contributed by atoms with Crippen molar-refractivity contribution < 1.29 is 19.4 Å². The lowest BCUT2D eigenvalue weighted by Gasteiger charge is -2.12. The summed E-state index contributed by atoms with van der Waals surface area (Å²) in [7, 11) is 0. The van der Waals surface area contributed by atoms with Gasteiger partial charge in [0.15, 0.2) is 0 Å². The maximum absolute atomic E-state index is 10.8. The number of benzene rings is 2. The average molecular weight is 268 g/mol. The van der Waals surface area contributed by atoms with Crippen molar-refractivity contribution in [1.29, 1.82) is 0 Å². The Kier molecular flexibility index (Phi) is 3.13. The molecule has 100 valence electrons. The molecule has 2 aromatic rings. The molecule has 1 N–H and O–H groups in total. The maximum Gasteiger partial charge on any atom is 0.374 e. The molecule has 1 aliphatic heterocycles. The van der Waals surface area contributed by atoms with Crippen molar-refractivity contribution >= 4 is 5.97 Å². The zero-order chi connectivity index (χ0) is 13.9. The fraction of sp³-hybridized carbons (Fsp3) is 0.0625. The van der Waals surface area contributed by atoms with Crippen LogP contribution in [0.5, 0.6) is 0 Å². The molecule has 4 nitrogen and oxygen atoms in total. The number of carboxylic acids is 1. The van der Waals surface area contributed by atoms with E-state index in [1.807, 2.05) is 54.6 Å². The van der Waals surface area contributed by atoms with E-state index in [0.717, 1.165) is 23.0 Å². The largest absolute Gasteiger partial charge is 0.475 e. The number of rotatable bonds is 3. The van der Waals surface area contributed by atoms with Gasteiger partial charge in [0.1, 0.15) is 6.26 Å². The summed E-state index contributed by atoms with van der Waals surface area (Å²) in [6, 6.07) is 17.6. The zero-order valence-electron chi connectivity index (χ0n) is 10.5. The van der Waals surface area contributed by atoms with Gasteiger partial charge in [-0.05, 0) is 17.2 Å². The van der Waals surface area contributed by atoms with E-state index in [-0.39, 0.29) is 5.76 Å². The van der Waals surface area contributed by atoms with Gasteiger partial charge in [-0.1, -0.05) is 48.5 Å². The molecule has 3 rings (SSSR count). The number of aliphatic carboxylic acids is 1. The Bertz CT molecular complexity index is 661. The topological polar surface area (TPSA) is 55.8 Å². The van der Waals surface area contributed by atoms with E-state index in [9.17, 15) is 4.79 Å². The molecular weight excluding hydrogens is 256 g/mol. The Hall–Kier alpha value is -2.75. The molecule has 0 unspecified atom stereocenters. The van der Waals surface area contributed by atoms with Gasteiger partial charge in [-0.3, -0.25) is 0 Å². The summed E-state index contributed by atoms with van der Waals surface area (Å²) < 4.78 is 10.5. The number of hydrogen-bond donors (Lipinski definition) is 1. The van der Waals surface area contributed by atoms with Crippen LogP contribution in [0.3, 0.4) is 0 Å². The Morgan fingerprint density at radius 1 is 1.00 bits per heavy atom. The van der Waals surface area contributed by atoms with Crippen LogP contribution in [0.4, 0.5) is 0 Å². The van der Waals surface area contributed by atoms with Gasteiger partial charge in [0.25, 0.3) is 6.29 Å². The Balaban J connectivity index is 1.85. The van der Waals surface area contributed by atoms with Crippen LogP contribution in [0.15, 0.2) is 66.6 Å². The van der Waals surface area contributed by atoms with Crippen molar-refractivity contribution in [3.63, 3.8) is 0 Å². The van der Waals surface area contributed by atoms with Crippen molar-refractivity contribution in [1.82, 2.24) is 0 Å². The zero-order valence-corrected chi connectivity index (χ0v) is 10.5. The third kappa shape index (κ3) is 2.36. The molecule has 0 saturated carbocycles. The predicted molar refractivity (Wildman–Crippen MR) is 72.5 cm³/mol. The monoisotopic (exact) mass is 268 g/mol. The second-order valence-corrected chi connectivity index (χ2v) is 4.36. The maximum atomic E-state index is 10.8. The van der Waals surface area contributed by atoms with Gasteiger partial charge >= 0.3 is 5.97 Å². The first-order valence-electron chi connectivity index (χ1n) is 6.15. The Labute approximate surface area is 115 Å². The van der Waals surface area contributed by atoms with E-state index >= 15 is 0 Å². The summed E-state index contributed by atoms with van der Waals surface area (Å²) in [5.41, 5.74) is 2.89. The second-order valence-electron chi connectivity index (χ2n) is 4.36. The summed E-state index contributed by atoms with van der Waals surface area (Å²) in [6.07, 6.45) is 0.423. The molecule has 0 amide bonds. The summed E-state index contributed by atoms with van der Waals surface area (Å²) in [5, 5.41) is 8.84. The minimum absolute atomic E-state index is 0.180. The van der Waals surface area contributed by atoms with Crippen LogP contribution in [0.1, 0.15) is 11.9 Å². The van der Waals surface area contributed by atoms with Gasteiger partial charge in [0.2, 0.25) is 5.76 Å². The van der Waals surface area contributed by atoms with E-state index in [1.165, 1.54) is 0 Å². The van der Waals surface area contributed by atoms with Crippen LogP contribution >= 0.6 is 0 Å². The molecule has 20 heavy (non-hydrogen) atoms. The average Bonchev–Trinajstić information content (AvgIpc) is 2.98. The highest BCUT2D eigenvalue weighted by atomic mass is 16.7. The van der Waals surface area contributed by atoms with Crippen LogP contribution in [-0.4, -0.2) is 11.1 Å². The summed E-state index contributed by atoms with van der Waals surface area (Å²) in [6.45, 7) is 0. The van der Waals surface area contributed by atoms with E-state index in [0.29, 0.717) is 0 Å². The van der Waals surface area contributed by atoms with Crippen LogP contribution in [0, 0.1) is 0 Å². The molecule has 4 heteroatoms. The molecular formula is C16H12O4. The van der Waals surface area contributed by atoms with Crippen LogP contribution in [0.2, 0.25) is 0 Å². The van der Waals surface area contributed by atoms with Crippen molar-refractivity contribution in [3.05, 3.63) is 72.2 Å². The smallest absolute Gasteiger partial charge is 0.374 e. The lowest BCUT2D eigenvalue weighted by molar-refractivity contribution is -0.139. The molecule has 0 saturated heterocycles. The van der Waals surface area contributed by atoms with E-state index in [2.05, 4.69) is 0 Å². The van der Waals surface area contributed by atoms with Crippen LogP contribution in [-0.2, 0) is 14.3 Å². The lowest BCUT2D eigenvalue weighted by Crippen LogP contribution is -2.04. The highest BCUT2D eigenvalue weighted by molar-refractivity contribution is 5.84. The summed E-state index contributed by atoms with van der Waals surface area (Å²) in [4.78, 5) is 10.8. The van der Waals surface area contributed by atoms with Gasteiger partial charge in [0.05, 0.1) is 0 Å². The first-order chi connectivity index (χ1) is 9.74. The SMILES string of the molecule is O=C(O)C1=CO[C@@H](c2cccc(-c3ccccc3)c2)O1. The molecule has 0 aromatic heterocycles. The van der Waals surface area contributed by atoms with Gasteiger partial charge in [-0.25, -0.2) is 4.79 Å². The Morgan fingerprint density at radius 2 is 1.75 bits per heavy atom. The van der Waals surface area contributed by atoms with E-state index < -0.39 is 12.3 Å². The number of hydrogen-bond acceptors (Lipinski definition) is 3. The van der Waals surface area contributed by atoms with Crippen molar-refractivity contribution in [2.24, 2.45) is 0 Å². The Morgan fingerprint density at radius 3 is 2.45 bits per heavy atom. The van der Waals surface area contributed by atoms with Crippen molar-refractivity contribution in [3.8, 4) is 11.1 Å². The lowest BCUT2D eigenvalue weighted by atomic mass is 10.0. The van der Waals surface area contributed by atoms with Crippen LogP contribution < -0.4 is 0 Å². The highest BCUT2D eigenvalue weighted by Crippen LogP contribution is 2.31. The third-order valence-electron chi connectivity index (χ3n) is 3.01. The molecule has 1 atom stereocenters. The van der Waals surface area contributed by atoms with E-state index in [4.69, 9.17) is 14.6 Å². The highest BCUT2D eigenvalue weighted by Gasteiger charge is 2.25. The summed E-state index contributed by atoms with van der Waals surface area (Å²) >= 11 is 0. The summed E-state index contributed by atoms with van der Waals surface area (Å²) in [5.74, 6) is -1.31. The third-order valence-corrected chi connectivity index (χ3v) is 3.01. The van der Waals surface area contributed by atoms with Gasteiger partial charge < -0.3 is 14.6 Å². The minimum atomic E-state index is -1.13. The van der Waals surface area contributed by atoms with Crippen molar-refractivity contribution in [2.45, 2.75) is 6.29 Å². The van der Waals surface area contributed by atoms with Gasteiger partial charge in [-0.15, -0.1) is 0 Å². The first-order valence-corrected chi connectivity index (χ1v) is 6.15. The number of carbonyl (C=O) groups is 1. The first kappa shape index (κ1) is 12.3. The van der Waals surface area contributed by atoms with Crippen molar-refractivity contribution in [2.75, 3.05) is 0 Å². The molecule has 0 spiro atoms. The molecule has 1 aliphatic rings. The number of ether oxygens (including phenoxy) is 2. The fourth-order valence-corrected chi connectivity index (χ4v) is 2.04. The van der Waals surface area contributed by atoms with Crippen LogP contribution in [0.25, 0.3) is 11.1 Å². The van der Waals surface area contributed by atoms with E-state index in [1.54, 1.807) is 0 Å². The molecule has 1 heterocycles. The van der Waals surface area contributed by atoms with Gasteiger partial charge in [0, 0.05) is 5.56 Å².